The van der Waals surface area contributed by atoms with Crippen molar-refractivity contribution in [3.05, 3.63) is 473 Å². The third-order valence-corrected chi connectivity index (χ3v) is 29.3. The van der Waals surface area contributed by atoms with Gasteiger partial charge in [-0.1, -0.05) is 328 Å². The molecule has 0 saturated carbocycles. The number of rotatable bonds is 14. The van der Waals surface area contributed by atoms with Gasteiger partial charge in [-0.15, -0.1) is 0 Å². The van der Waals surface area contributed by atoms with E-state index in [9.17, 15) is 5.26 Å². The first-order valence-electron chi connectivity index (χ1n) is 41.4. The molecule has 4 aromatic heterocycles. The van der Waals surface area contributed by atoms with Crippen LogP contribution < -0.4 is 20.7 Å². The van der Waals surface area contributed by atoms with Crippen LogP contribution in [-0.4, -0.2) is 26.3 Å². The molecule has 4 heterocycles. The van der Waals surface area contributed by atoms with Crippen molar-refractivity contribution in [3.63, 3.8) is 0 Å². The molecule has 0 aliphatic carbocycles. The number of benzene rings is 19. The molecular weight excluding hydrogens is 1480 g/mol. The zero-order valence-corrected chi connectivity index (χ0v) is 67.2. The van der Waals surface area contributed by atoms with Crippen molar-refractivity contribution < 1.29 is 0 Å². The number of fused-ring (bicyclic) bond motifs is 12. The average molecular weight is 1560 g/mol. The molecule has 0 atom stereocenters. The molecule has 5 nitrogen and oxygen atoms in total. The van der Waals surface area contributed by atoms with Gasteiger partial charge in [0.15, 0.2) is 8.07 Å². The van der Waals surface area contributed by atoms with Crippen LogP contribution in [0.3, 0.4) is 0 Å². The minimum absolute atomic E-state index is 0.638. The molecule has 23 aromatic rings. The van der Waals surface area contributed by atoms with Crippen molar-refractivity contribution in [1.29, 1.82) is 5.26 Å². The topological polar surface area (TPSA) is 43.5 Å². The summed E-state index contributed by atoms with van der Waals surface area (Å²) >= 11 is 0. The van der Waals surface area contributed by atoms with Crippen LogP contribution in [0.1, 0.15) is 5.56 Å². The van der Waals surface area contributed by atoms with E-state index < -0.39 is 8.07 Å². The molecule has 0 aliphatic heterocycles. The molecule has 0 aliphatic rings. The Hall–Kier alpha value is -15.9. The van der Waals surface area contributed by atoms with E-state index in [2.05, 4.69) is 473 Å². The van der Waals surface area contributed by atoms with Gasteiger partial charge in [0.05, 0.1) is 55.8 Å². The molecule has 566 valence electrons. The minimum atomic E-state index is -2.81. The van der Waals surface area contributed by atoms with Crippen molar-refractivity contribution >= 4 is 116 Å². The van der Waals surface area contributed by atoms with E-state index >= 15 is 0 Å². The van der Waals surface area contributed by atoms with E-state index in [0.29, 0.717) is 5.56 Å². The number of aromatic nitrogens is 4. The normalized spacial score (nSPS) is 11.6. The SMILES string of the molecule is N#Cc1cccc(-n2c3ccc(-c4ccc5c(c4)c4ccccc4n5-c4ccccc4)cc3c3ccc(-c4cccc(-c5ccccc5)c4)cc32)c1.c1ccc(-c2cccc(-c3ccc4c5cc(-c6ccc7c(c6)c6ccccc6n7-c6ccccc6)ccc5n(-c5cccc([Si](c6ccccc6)(c6ccccc6)c6ccccc6)c5)c4c3)c2)cc1. The van der Waals surface area contributed by atoms with Crippen LogP contribution >= 0.6 is 0 Å². The first-order valence-corrected chi connectivity index (χ1v) is 43.4. The first kappa shape index (κ1) is 71.6. The van der Waals surface area contributed by atoms with E-state index in [1.807, 2.05) is 18.2 Å². The van der Waals surface area contributed by atoms with Gasteiger partial charge in [-0.25, -0.2) is 0 Å². The predicted octanol–water partition coefficient (Wildman–Crippen LogP) is 27.0. The summed E-state index contributed by atoms with van der Waals surface area (Å²) in [5.41, 5.74) is 28.6. The molecule has 0 spiro atoms. The Kier molecular flexibility index (Phi) is 17.9. The van der Waals surface area contributed by atoms with Gasteiger partial charge in [-0.2, -0.15) is 5.26 Å². The summed E-state index contributed by atoms with van der Waals surface area (Å²) in [6.45, 7) is 0. The fraction of sp³-hybridized carbons (Fsp3) is 0. The Morgan fingerprint density at radius 2 is 0.413 bits per heavy atom. The molecule has 0 saturated heterocycles. The van der Waals surface area contributed by atoms with Crippen molar-refractivity contribution in [1.82, 2.24) is 18.3 Å². The molecule has 23 rings (SSSR count). The molecule has 121 heavy (non-hydrogen) atoms. The van der Waals surface area contributed by atoms with Crippen LogP contribution in [0.4, 0.5) is 0 Å². The smallest absolute Gasteiger partial charge is 0.179 e. The second kappa shape index (κ2) is 30.3. The van der Waals surface area contributed by atoms with Crippen molar-refractivity contribution in [2.24, 2.45) is 0 Å². The fourth-order valence-corrected chi connectivity index (χ4v) is 23.8. The lowest BCUT2D eigenvalue weighted by molar-refractivity contribution is 1.18. The van der Waals surface area contributed by atoms with Gasteiger partial charge < -0.3 is 18.3 Å². The van der Waals surface area contributed by atoms with E-state index in [-0.39, 0.29) is 0 Å². The number of nitrogens with zero attached hydrogens (tertiary/aromatic N) is 5. The summed E-state index contributed by atoms with van der Waals surface area (Å²) in [5, 5.41) is 25.0. The van der Waals surface area contributed by atoms with Gasteiger partial charge in [0.25, 0.3) is 0 Å². The molecule has 0 radical (unpaired) electrons. The minimum Gasteiger partial charge on any atom is -0.309 e. The largest absolute Gasteiger partial charge is 0.309 e. The highest BCUT2D eigenvalue weighted by Crippen LogP contribution is 2.44. The maximum atomic E-state index is 9.81. The molecule has 0 bridgehead atoms. The first-order chi connectivity index (χ1) is 59.9. The number of nitriles is 1. The molecule has 0 unspecified atom stereocenters. The summed E-state index contributed by atoms with van der Waals surface area (Å²) in [5.74, 6) is 0. The summed E-state index contributed by atoms with van der Waals surface area (Å²) < 4.78 is 9.56. The number of hydrogen-bond acceptors (Lipinski definition) is 1. The van der Waals surface area contributed by atoms with Crippen molar-refractivity contribution in [2.75, 3.05) is 0 Å². The Morgan fingerprint density at radius 1 is 0.157 bits per heavy atom. The van der Waals surface area contributed by atoms with Crippen LogP contribution in [0.5, 0.6) is 0 Å². The third kappa shape index (κ3) is 12.5. The van der Waals surface area contributed by atoms with Crippen LogP contribution in [-0.2, 0) is 0 Å². The second-order valence-corrected chi connectivity index (χ2v) is 35.2. The van der Waals surface area contributed by atoms with Crippen LogP contribution in [0.2, 0.25) is 0 Å². The Balaban J connectivity index is 0.000000151. The van der Waals surface area contributed by atoms with Gasteiger partial charge >= 0.3 is 0 Å². The molecule has 0 N–H and O–H groups in total. The highest BCUT2D eigenvalue weighted by molar-refractivity contribution is 7.20. The molecule has 0 amide bonds. The molecule has 19 aromatic carbocycles. The summed E-state index contributed by atoms with van der Waals surface area (Å²) in [6, 6.07) is 173. The lowest BCUT2D eigenvalue weighted by Gasteiger charge is -2.34. The lowest BCUT2D eigenvalue weighted by Crippen LogP contribution is -2.74. The quantitative estimate of drug-likeness (QED) is 0.0790. The van der Waals surface area contributed by atoms with Gasteiger partial charge in [0, 0.05) is 65.8 Å². The van der Waals surface area contributed by atoms with Gasteiger partial charge in [-0.3, -0.25) is 0 Å². The predicted molar refractivity (Wildman–Crippen MR) is 511 cm³/mol. The molecular formula is C115H77N5Si. The number of hydrogen-bond donors (Lipinski definition) is 0. The van der Waals surface area contributed by atoms with E-state index in [0.717, 1.165) is 50.5 Å². The van der Waals surface area contributed by atoms with Gasteiger partial charge in [0.1, 0.15) is 0 Å². The molecule has 0 fully saturated rings. The summed E-state index contributed by atoms with van der Waals surface area (Å²) in [4.78, 5) is 0. The maximum Gasteiger partial charge on any atom is 0.179 e. The van der Waals surface area contributed by atoms with Crippen LogP contribution in [0.15, 0.2) is 467 Å². The maximum absolute atomic E-state index is 9.81. The monoisotopic (exact) mass is 1560 g/mol. The van der Waals surface area contributed by atoms with Crippen molar-refractivity contribution in [3.8, 4) is 95.6 Å². The van der Waals surface area contributed by atoms with E-state index in [1.54, 1.807) is 0 Å². The second-order valence-electron chi connectivity index (χ2n) is 31.4. The van der Waals surface area contributed by atoms with Gasteiger partial charge in [0.2, 0.25) is 0 Å². The van der Waals surface area contributed by atoms with Crippen LogP contribution in [0.25, 0.3) is 177 Å². The van der Waals surface area contributed by atoms with Gasteiger partial charge in [-0.05, 0) is 227 Å². The van der Waals surface area contributed by atoms with E-state index in [4.69, 9.17) is 0 Å². The molecule has 6 heteroatoms. The van der Waals surface area contributed by atoms with Crippen molar-refractivity contribution in [2.45, 2.75) is 0 Å². The standard InChI is InChI=1S/C66H46N2Si.C49H31N3/c1-6-20-47(21-7-1)48-22-18-23-49(42-48)52-36-39-60-62-44-51(50-37-40-64-61(43-50)59-34-16-17-35-63(59)67(64)53-24-8-2-9-25-53)38-41-65(62)68(66(60)45-52)54-26-19-33-58(46-54)69(55-27-10-3-11-28-55,56-29-12-4-13-30-56)57-31-14-5-15-32-57;50-32-33-11-9-18-41(27-33)52-48-26-23-38(37-22-25-47-44(29-37)42-19-7-8-20-46(42)51(47)40-16-5-2-6-17-40)30-45(48)43-24-21-39(31-49(43)52)36-15-10-14-35(28-36)34-12-3-1-4-13-34/h1-46H;1-31H. The lowest BCUT2D eigenvalue weighted by atomic mass is 9.97. The Labute approximate surface area is 703 Å². The number of para-hydroxylation sites is 4. The Morgan fingerprint density at radius 3 is 0.802 bits per heavy atom. The fourth-order valence-electron chi connectivity index (χ4n) is 19.0. The summed E-state index contributed by atoms with van der Waals surface area (Å²) in [6.07, 6.45) is 0. The Bertz CT molecular complexity index is 7840. The van der Waals surface area contributed by atoms with Crippen LogP contribution in [0, 0.1) is 11.3 Å². The highest BCUT2D eigenvalue weighted by Gasteiger charge is 2.42. The average Bonchev–Trinajstić information content (AvgIpc) is 1.24. The summed E-state index contributed by atoms with van der Waals surface area (Å²) in [7, 11) is -2.81. The zero-order chi connectivity index (χ0) is 80.3. The highest BCUT2D eigenvalue weighted by atomic mass is 28.3. The third-order valence-electron chi connectivity index (χ3n) is 24.6. The zero-order valence-electron chi connectivity index (χ0n) is 66.2. The van der Waals surface area contributed by atoms with E-state index in [1.165, 1.54) is 147 Å².